The van der Waals surface area contributed by atoms with Crippen LogP contribution in [0.15, 0.2) is 94.3 Å². The lowest BCUT2D eigenvalue weighted by atomic mass is 10.3. The standard InChI is InChI=1S/C19H17N2O2.C3H3NO.HI/c1-20-14-8-3-5-10-16(14)22-18(20)12-7-13-19-21(2)15-9-4-6-11-17(15)23-19;1-2-5-3-4-1;/h3-13H,1-2H3;1-3H;1H/q+1;;/p-1. The Morgan fingerprint density at radius 2 is 1.86 bits per heavy atom. The lowest BCUT2D eigenvalue weighted by molar-refractivity contribution is -0.652. The Hall–Kier alpha value is -3.07. The van der Waals surface area contributed by atoms with E-state index in [0.29, 0.717) is 0 Å². The number of para-hydroxylation sites is 4. The minimum absolute atomic E-state index is 0. The molecule has 0 radical (unpaired) electrons. The van der Waals surface area contributed by atoms with Gasteiger partial charge >= 0.3 is 5.89 Å². The molecule has 0 N–H and O–H groups in total. The zero-order chi connectivity index (χ0) is 19.3. The van der Waals surface area contributed by atoms with Gasteiger partial charge in [0.1, 0.15) is 13.3 Å². The predicted molar refractivity (Wildman–Crippen MR) is 106 cm³/mol. The molecule has 0 spiro atoms. The van der Waals surface area contributed by atoms with E-state index < -0.39 is 0 Å². The SMILES string of the molecule is CN1C(=CC=Cc2oc3ccccc3[n+]2C)Oc2ccccc21.[I-].c1cocn1. The fourth-order valence-electron chi connectivity index (χ4n) is 2.92. The van der Waals surface area contributed by atoms with Crippen LogP contribution in [0.1, 0.15) is 5.89 Å². The van der Waals surface area contributed by atoms with E-state index in [0.717, 1.165) is 34.3 Å². The molecule has 0 aliphatic carbocycles. The molecule has 0 amide bonds. The quantitative estimate of drug-likeness (QED) is 0.307. The van der Waals surface area contributed by atoms with Crippen LogP contribution in [0.25, 0.3) is 17.2 Å². The second-order valence-corrected chi connectivity index (χ2v) is 6.14. The van der Waals surface area contributed by atoms with Crippen LogP contribution in [0, 0.1) is 0 Å². The third-order valence-corrected chi connectivity index (χ3v) is 4.37. The number of allylic oxidation sites excluding steroid dienone is 2. The first-order chi connectivity index (χ1) is 13.7. The molecule has 5 rings (SSSR count). The average molecular weight is 501 g/mol. The number of anilines is 1. The molecule has 0 atom stereocenters. The number of aryl methyl sites for hydroxylation is 1. The maximum atomic E-state index is 5.84. The Balaban J connectivity index is 0.000000352. The fourth-order valence-corrected chi connectivity index (χ4v) is 2.92. The summed E-state index contributed by atoms with van der Waals surface area (Å²) in [5.74, 6) is 2.46. The van der Waals surface area contributed by atoms with Crippen molar-refractivity contribution < 1.29 is 42.1 Å². The first-order valence-corrected chi connectivity index (χ1v) is 8.83. The molecule has 1 aliphatic heterocycles. The molecule has 0 saturated carbocycles. The van der Waals surface area contributed by atoms with Crippen LogP contribution < -0.4 is 38.2 Å². The molecule has 0 bridgehead atoms. The molecule has 29 heavy (non-hydrogen) atoms. The van der Waals surface area contributed by atoms with E-state index in [1.165, 1.54) is 12.7 Å². The van der Waals surface area contributed by atoms with E-state index in [2.05, 4.69) is 9.40 Å². The van der Waals surface area contributed by atoms with Gasteiger partial charge in [-0.25, -0.2) is 4.98 Å². The number of aromatic nitrogens is 2. The van der Waals surface area contributed by atoms with Crippen LogP contribution in [0.4, 0.5) is 5.69 Å². The summed E-state index contributed by atoms with van der Waals surface area (Å²) in [7, 11) is 3.99. The summed E-state index contributed by atoms with van der Waals surface area (Å²) < 4.78 is 18.2. The Morgan fingerprint density at radius 3 is 2.55 bits per heavy atom. The van der Waals surface area contributed by atoms with Gasteiger partial charge in [-0.05, 0) is 30.4 Å². The van der Waals surface area contributed by atoms with E-state index in [-0.39, 0.29) is 24.0 Å². The van der Waals surface area contributed by atoms with Gasteiger partial charge in [-0.1, -0.05) is 24.3 Å². The van der Waals surface area contributed by atoms with Gasteiger partial charge in [-0.3, -0.25) is 0 Å². The summed E-state index contributed by atoms with van der Waals surface area (Å²) in [5.41, 5.74) is 3.02. The van der Waals surface area contributed by atoms with Gasteiger partial charge in [0.15, 0.2) is 18.0 Å². The monoisotopic (exact) mass is 501 g/mol. The van der Waals surface area contributed by atoms with E-state index in [1.54, 1.807) is 6.20 Å². The zero-order valence-corrected chi connectivity index (χ0v) is 18.2. The number of halogens is 1. The third-order valence-electron chi connectivity index (χ3n) is 4.37. The number of fused-ring (bicyclic) bond motifs is 2. The van der Waals surface area contributed by atoms with Gasteiger partial charge in [0.05, 0.1) is 18.0 Å². The van der Waals surface area contributed by atoms with Crippen molar-refractivity contribution in [1.29, 1.82) is 0 Å². The topological polar surface area (TPSA) is 55.5 Å². The molecule has 0 fully saturated rings. The van der Waals surface area contributed by atoms with Crippen molar-refractivity contribution in [2.45, 2.75) is 0 Å². The van der Waals surface area contributed by atoms with Gasteiger partial charge in [0, 0.05) is 13.1 Å². The van der Waals surface area contributed by atoms with Crippen molar-refractivity contribution in [3.8, 4) is 5.75 Å². The predicted octanol–water partition coefficient (Wildman–Crippen LogP) is 1.32. The largest absolute Gasteiger partial charge is 1.00 e. The van der Waals surface area contributed by atoms with E-state index in [1.807, 2.05) is 90.3 Å². The van der Waals surface area contributed by atoms with Crippen LogP contribution in [0.5, 0.6) is 5.75 Å². The van der Waals surface area contributed by atoms with Gasteiger partial charge in [-0.2, -0.15) is 4.57 Å². The van der Waals surface area contributed by atoms with Crippen molar-refractivity contribution in [2.75, 3.05) is 11.9 Å². The van der Waals surface area contributed by atoms with Crippen molar-refractivity contribution in [1.82, 2.24) is 4.98 Å². The number of oxazole rings is 2. The summed E-state index contributed by atoms with van der Waals surface area (Å²) in [5, 5.41) is 0. The first kappa shape index (κ1) is 20.7. The lowest BCUT2D eigenvalue weighted by Crippen LogP contribution is -3.00. The first-order valence-electron chi connectivity index (χ1n) is 8.83. The molecule has 4 aromatic rings. The number of ether oxygens (including phenoxy) is 1. The molecular weight excluding hydrogens is 481 g/mol. The highest BCUT2D eigenvalue weighted by Gasteiger charge is 2.21. The second kappa shape index (κ2) is 9.42. The average Bonchev–Trinajstić information content (AvgIpc) is 3.46. The zero-order valence-electron chi connectivity index (χ0n) is 16.0. The van der Waals surface area contributed by atoms with Crippen LogP contribution in [-0.2, 0) is 7.05 Å². The number of hydrogen-bond donors (Lipinski definition) is 0. The highest BCUT2D eigenvalue weighted by Crippen LogP contribution is 2.37. The molecule has 6 nitrogen and oxygen atoms in total. The molecule has 0 saturated heterocycles. The molecule has 2 aromatic heterocycles. The number of rotatable bonds is 2. The Labute approximate surface area is 185 Å². The second-order valence-electron chi connectivity index (χ2n) is 6.14. The van der Waals surface area contributed by atoms with Crippen LogP contribution in [0.2, 0.25) is 0 Å². The van der Waals surface area contributed by atoms with Gasteiger partial charge < -0.3 is 42.4 Å². The molecule has 3 heterocycles. The molecule has 2 aromatic carbocycles. The normalized spacial score (nSPS) is 13.7. The van der Waals surface area contributed by atoms with Gasteiger partial charge in [0.25, 0.3) is 5.52 Å². The lowest BCUT2D eigenvalue weighted by Gasteiger charge is -2.09. The summed E-state index contributed by atoms with van der Waals surface area (Å²) in [6.45, 7) is 0. The molecule has 0 unspecified atom stereocenters. The summed E-state index contributed by atoms with van der Waals surface area (Å²) >= 11 is 0. The molecular formula is C22H20IN3O3. The molecule has 148 valence electrons. The summed E-state index contributed by atoms with van der Waals surface area (Å²) in [4.78, 5) is 5.58. The van der Waals surface area contributed by atoms with Crippen LogP contribution >= 0.6 is 0 Å². The van der Waals surface area contributed by atoms with E-state index in [4.69, 9.17) is 9.15 Å². The minimum Gasteiger partial charge on any atom is -1.00 e. The van der Waals surface area contributed by atoms with Crippen molar-refractivity contribution in [2.24, 2.45) is 7.05 Å². The minimum atomic E-state index is 0. The van der Waals surface area contributed by atoms with E-state index in [9.17, 15) is 0 Å². The number of hydrogen-bond acceptors (Lipinski definition) is 5. The van der Waals surface area contributed by atoms with Crippen molar-refractivity contribution in [3.63, 3.8) is 0 Å². The highest BCUT2D eigenvalue weighted by molar-refractivity contribution is 5.69. The molecule has 7 heteroatoms. The number of nitrogens with zero attached hydrogens (tertiary/aromatic N) is 3. The Bertz CT molecular complexity index is 1120. The van der Waals surface area contributed by atoms with Crippen LogP contribution in [-0.4, -0.2) is 12.0 Å². The van der Waals surface area contributed by atoms with Crippen molar-refractivity contribution >= 4 is 22.9 Å². The van der Waals surface area contributed by atoms with Crippen LogP contribution in [0.3, 0.4) is 0 Å². The maximum absolute atomic E-state index is 5.84. The smallest absolute Gasteiger partial charge is 0.373 e. The van der Waals surface area contributed by atoms with Crippen molar-refractivity contribution in [3.05, 3.63) is 91.3 Å². The maximum Gasteiger partial charge on any atom is 0.373 e. The summed E-state index contributed by atoms with van der Waals surface area (Å²) in [6.07, 6.45) is 10.3. The third kappa shape index (κ3) is 4.51. The fraction of sp³-hybridized carbons (Fsp3) is 0.0909. The molecule has 1 aliphatic rings. The summed E-state index contributed by atoms with van der Waals surface area (Å²) in [6, 6.07) is 16.0. The Morgan fingerprint density at radius 1 is 1.07 bits per heavy atom. The van der Waals surface area contributed by atoms with Gasteiger partial charge in [0.2, 0.25) is 5.58 Å². The number of benzene rings is 2. The van der Waals surface area contributed by atoms with E-state index >= 15 is 0 Å². The van der Waals surface area contributed by atoms with Gasteiger partial charge in [-0.15, -0.1) is 0 Å². The Kier molecular flexibility index (Phi) is 6.71. The highest BCUT2D eigenvalue weighted by atomic mass is 127.